The van der Waals surface area contributed by atoms with Gasteiger partial charge in [0.2, 0.25) is 0 Å². The van der Waals surface area contributed by atoms with E-state index in [2.05, 4.69) is 5.16 Å². The van der Waals surface area contributed by atoms with E-state index in [0.717, 1.165) is 38.6 Å². The smallest absolute Gasteiger partial charge is 0.296 e. The SMILES string of the molecule is CN(SC(Cl)(Cl)Cl)C(=O)O/N=C1\CSCCS1. The monoisotopic (exact) mass is 354 g/mol. The Morgan fingerprint density at radius 1 is 1.53 bits per heavy atom. The van der Waals surface area contributed by atoms with Crippen LogP contribution in [0.2, 0.25) is 0 Å². The van der Waals surface area contributed by atoms with E-state index < -0.39 is 9.22 Å². The molecule has 1 aliphatic rings. The van der Waals surface area contributed by atoms with Crippen LogP contribution < -0.4 is 0 Å². The van der Waals surface area contributed by atoms with Crippen molar-refractivity contribution in [1.29, 1.82) is 0 Å². The van der Waals surface area contributed by atoms with Gasteiger partial charge in [-0.2, -0.15) is 11.8 Å². The highest BCUT2D eigenvalue weighted by atomic mass is 35.6. The molecule has 1 heterocycles. The summed E-state index contributed by atoms with van der Waals surface area (Å²) in [6.07, 6.45) is -0.676. The van der Waals surface area contributed by atoms with E-state index in [9.17, 15) is 4.79 Å². The summed E-state index contributed by atoms with van der Waals surface area (Å²) in [7, 11) is 1.44. The number of alkyl halides is 3. The fraction of sp³-hybridized carbons (Fsp3) is 0.714. The van der Waals surface area contributed by atoms with Crippen LogP contribution in [0, 0.1) is 0 Å². The summed E-state index contributed by atoms with van der Waals surface area (Å²) in [4.78, 5) is 16.2. The normalized spacial score (nSPS) is 19.2. The van der Waals surface area contributed by atoms with E-state index in [-0.39, 0.29) is 0 Å². The standard InChI is InChI=1S/C7H9Cl3N2O2S3/c1-12(17-7(8,9)10)6(13)14-11-5-4-15-2-3-16-5/h2-4H2,1H3/b11-5+. The third kappa shape index (κ3) is 7.12. The molecule has 1 amide bonds. The highest BCUT2D eigenvalue weighted by Crippen LogP contribution is 2.40. The molecule has 17 heavy (non-hydrogen) atoms. The molecule has 0 aromatic heterocycles. The van der Waals surface area contributed by atoms with Gasteiger partial charge in [0.25, 0.3) is 3.12 Å². The molecule has 0 spiro atoms. The second-order valence-electron chi connectivity index (χ2n) is 2.78. The van der Waals surface area contributed by atoms with Crippen LogP contribution in [-0.2, 0) is 4.84 Å². The zero-order valence-electron chi connectivity index (χ0n) is 8.69. The molecule has 0 bridgehead atoms. The summed E-state index contributed by atoms with van der Waals surface area (Å²) >= 11 is 20.6. The van der Waals surface area contributed by atoms with Gasteiger partial charge in [-0.3, -0.25) is 4.84 Å². The number of thioether (sulfide) groups is 2. The van der Waals surface area contributed by atoms with Gasteiger partial charge < -0.3 is 0 Å². The Hall–Kier alpha value is 0.860. The average Bonchev–Trinajstić information content (AvgIpc) is 2.25. The molecule has 98 valence electrons. The number of carbonyl (C=O) groups is 1. The highest BCUT2D eigenvalue weighted by Gasteiger charge is 2.27. The quantitative estimate of drug-likeness (QED) is 0.326. The van der Waals surface area contributed by atoms with E-state index in [1.54, 1.807) is 23.5 Å². The van der Waals surface area contributed by atoms with E-state index in [1.165, 1.54) is 7.05 Å². The lowest BCUT2D eigenvalue weighted by Crippen LogP contribution is -2.23. The average molecular weight is 356 g/mol. The van der Waals surface area contributed by atoms with Gasteiger partial charge >= 0.3 is 6.09 Å². The van der Waals surface area contributed by atoms with Crippen LogP contribution in [0.3, 0.4) is 0 Å². The van der Waals surface area contributed by atoms with Crippen molar-refractivity contribution in [2.24, 2.45) is 5.16 Å². The van der Waals surface area contributed by atoms with Gasteiger partial charge in [-0.25, -0.2) is 9.10 Å². The Labute approximate surface area is 127 Å². The number of halogens is 3. The third-order valence-corrected chi connectivity index (χ3v) is 5.07. The lowest BCUT2D eigenvalue weighted by atomic mass is 10.9. The minimum Gasteiger partial charge on any atom is -0.296 e. The molecule has 0 atom stereocenters. The summed E-state index contributed by atoms with van der Waals surface area (Å²) < 4.78 is -0.520. The van der Waals surface area contributed by atoms with E-state index >= 15 is 0 Å². The Kier molecular flexibility index (Phi) is 6.97. The van der Waals surface area contributed by atoms with Gasteiger partial charge in [0.1, 0.15) is 5.04 Å². The molecular weight excluding hydrogens is 347 g/mol. The van der Waals surface area contributed by atoms with Gasteiger partial charge in [0.05, 0.1) is 0 Å². The first-order valence-corrected chi connectivity index (χ1v) is 8.41. The van der Waals surface area contributed by atoms with Crippen LogP contribution in [0.15, 0.2) is 5.16 Å². The van der Waals surface area contributed by atoms with Crippen LogP contribution in [0.25, 0.3) is 0 Å². The summed E-state index contributed by atoms with van der Waals surface area (Å²) in [6.45, 7) is 0. The molecule has 10 heteroatoms. The van der Waals surface area contributed by atoms with E-state index in [1.807, 2.05) is 0 Å². The number of rotatable bonds is 2. The number of hydrogen-bond acceptors (Lipinski definition) is 6. The van der Waals surface area contributed by atoms with Crippen LogP contribution >= 0.6 is 70.3 Å². The molecule has 1 saturated heterocycles. The lowest BCUT2D eigenvalue weighted by molar-refractivity contribution is 0.137. The largest absolute Gasteiger partial charge is 0.445 e. The lowest BCUT2D eigenvalue weighted by Gasteiger charge is -2.18. The minimum absolute atomic E-state index is 0.676. The molecule has 0 aromatic carbocycles. The molecular formula is C7H9Cl3N2O2S3. The zero-order chi connectivity index (χ0) is 12.9. The van der Waals surface area contributed by atoms with Crippen molar-refractivity contribution in [3.63, 3.8) is 0 Å². The number of amides is 1. The Balaban J connectivity index is 2.38. The zero-order valence-corrected chi connectivity index (χ0v) is 13.4. The van der Waals surface area contributed by atoms with Crippen LogP contribution in [-0.4, -0.2) is 42.9 Å². The predicted octanol–water partition coefficient (Wildman–Crippen LogP) is 3.82. The topological polar surface area (TPSA) is 41.9 Å². The van der Waals surface area contributed by atoms with Crippen molar-refractivity contribution >= 4 is 81.4 Å². The van der Waals surface area contributed by atoms with Crippen molar-refractivity contribution in [2.75, 3.05) is 24.3 Å². The molecule has 0 N–H and O–H groups in total. The first-order valence-electron chi connectivity index (χ1n) is 4.36. The number of carbonyl (C=O) groups excluding carboxylic acids is 1. The van der Waals surface area contributed by atoms with Crippen molar-refractivity contribution in [1.82, 2.24) is 4.31 Å². The van der Waals surface area contributed by atoms with Crippen LogP contribution in [0.4, 0.5) is 4.79 Å². The van der Waals surface area contributed by atoms with Gasteiger partial charge in [-0.05, 0) is 0 Å². The Morgan fingerprint density at radius 2 is 2.24 bits per heavy atom. The van der Waals surface area contributed by atoms with Gasteiger partial charge in [-0.1, -0.05) is 40.0 Å². The molecule has 0 unspecified atom stereocenters. The third-order valence-electron chi connectivity index (χ3n) is 1.44. The first-order chi connectivity index (χ1) is 7.88. The summed E-state index contributed by atoms with van der Waals surface area (Å²) in [5.41, 5.74) is 0. The summed E-state index contributed by atoms with van der Waals surface area (Å²) in [6, 6.07) is 0. The first kappa shape index (κ1) is 15.9. The van der Waals surface area contributed by atoms with E-state index in [4.69, 9.17) is 39.6 Å². The minimum atomic E-state index is -1.60. The van der Waals surface area contributed by atoms with E-state index in [0.29, 0.717) is 0 Å². The van der Waals surface area contributed by atoms with Crippen LogP contribution in [0.1, 0.15) is 0 Å². The number of hydrogen-bond donors (Lipinski definition) is 0. The highest BCUT2D eigenvalue weighted by molar-refractivity contribution is 8.18. The predicted molar refractivity (Wildman–Crippen MR) is 79.3 cm³/mol. The summed E-state index contributed by atoms with van der Waals surface area (Å²) in [5.74, 6) is 2.82. The fourth-order valence-electron chi connectivity index (χ4n) is 0.812. The second-order valence-corrected chi connectivity index (χ2v) is 9.35. The van der Waals surface area contributed by atoms with Gasteiger partial charge in [-0.15, -0.1) is 11.8 Å². The second kappa shape index (κ2) is 7.45. The fourth-order valence-corrected chi connectivity index (χ4v) is 4.25. The molecule has 0 aromatic rings. The maximum atomic E-state index is 11.4. The molecule has 1 aliphatic heterocycles. The maximum absolute atomic E-state index is 11.4. The van der Waals surface area contributed by atoms with Crippen molar-refractivity contribution in [2.45, 2.75) is 3.12 Å². The van der Waals surface area contributed by atoms with Gasteiger partial charge in [0.15, 0.2) is 0 Å². The molecule has 4 nitrogen and oxygen atoms in total. The van der Waals surface area contributed by atoms with Crippen molar-refractivity contribution < 1.29 is 9.63 Å². The molecule has 0 radical (unpaired) electrons. The molecule has 1 rings (SSSR count). The molecule has 1 fully saturated rings. The molecule has 0 aliphatic carbocycles. The van der Waals surface area contributed by atoms with Crippen LogP contribution in [0.5, 0.6) is 0 Å². The van der Waals surface area contributed by atoms with Crippen molar-refractivity contribution in [3.8, 4) is 0 Å². The van der Waals surface area contributed by atoms with Crippen molar-refractivity contribution in [3.05, 3.63) is 0 Å². The Bertz CT molecular complexity index is 303. The summed E-state index contributed by atoms with van der Waals surface area (Å²) in [5, 5.41) is 4.55. The number of nitrogens with zero attached hydrogens (tertiary/aromatic N) is 2. The Morgan fingerprint density at radius 3 is 2.76 bits per heavy atom. The maximum Gasteiger partial charge on any atom is 0.445 e. The van der Waals surface area contributed by atoms with Gasteiger partial charge in [0, 0.05) is 36.3 Å². The number of oxime groups is 1. The molecule has 0 saturated carbocycles.